The van der Waals surface area contributed by atoms with Gasteiger partial charge in [0, 0.05) is 16.7 Å². The maximum atomic E-state index is 12.2. The molecule has 22 heavy (non-hydrogen) atoms. The molecule has 0 bridgehead atoms. The number of para-hydroxylation sites is 1. The predicted octanol–water partition coefficient (Wildman–Crippen LogP) is 4.71. The fourth-order valence-corrected chi connectivity index (χ4v) is 3.36. The van der Waals surface area contributed by atoms with E-state index in [2.05, 4.69) is 40.1 Å². The minimum atomic E-state index is -0.234. The molecule has 0 aliphatic rings. The lowest BCUT2D eigenvalue weighted by atomic mass is 10.2. The molecule has 0 unspecified atom stereocenters. The smallest absolute Gasteiger partial charge is 0.287 e. The van der Waals surface area contributed by atoms with Gasteiger partial charge in [0.25, 0.3) is 5.91 Å². The highest BCUT2D eigenvalue weighted by Gasteiger charge is 2.14. The molecule has 3 rings (SSSR count). The quantitative estimate of drug-likeness (QED) is 0.715. The van der Waals surface area contributed by atoms with Crippen molar-refractivity contribution in [2.24, 2.45) is 0 Å². The molecular weight excluding hydrogens is 364 g/mol. The zero-order valence-corrected chi connectivity index (χ0v) is 14.6. The Morgan fingerprint density at radius 3 is 2.95 bits per heavy atom. The van der Waals surface area contributed by atoms with Crippen LogP contribution in [0.3, 0.4) is 0 Å². The average molecular weight is 379 g/mol. The van der Waals surface area contributed by atoms with E-state index in [1.807, 2.05) is 23.6 Å². The van der Waals surface area contributed by atoms with Crippen LogP contribution in [-0.4, -0.2) is 10.9 Å². The zero-order valence-electron chi connectivity index (χ0n) is 12.2. The van der Waals surface area contributed by atoms with Crippen molar-refractivity contribution >= 4 is 44.1 Å². The number of nitrogens with one attached hydrogen (secondary N) is 1. The minimum Gasteiger partial charge on any atom is -0.450 e. The first-order valence-electron chi connectivity index (χ1n) is 6.95. The van der Waals surface area contributed by atoms with Crippen molar-refractivity contribution in [3.63, 3.8) is 0 Å². The summed E-state index contributed by atoms with van der Waals surface area (Å²) in [4.78, 5) is 16.7. The van der Waals surface area contributed by atoms with Gasteiger partial charge in [0.1, 0.15) is 5.58 Å². The van der Waals surface area contributed by atoms with Crippen molar-refractivity contribution in [2.45, 2.75) is 26.3 Å². The maximum absolute atomic E-state index is 12.2. The highest BCUT2D eigenvalue weighted by atomic mass is 79.9. The Bertz CT molecular complexity index is 823. The highest BCUT2D eigenvalue weighted by molar-refractivity contribution is 9.10. The number of benzene rings is 1. The van der Waals surface area contributed by atoms with Crippen molar-refractivity contribution < 1.29 is 9.21 Å². The van der Waals surface area contributed by atoms with Gasteiger partial charge in [0.2, 0.25) is 0 Å². The molecule has 0 fully saturated rings. The SMILES string of the molecule is CC(C)c1nc(CNC(=O)c2cc3cccc(Br)c3o2)cs1. The first-order chi connectivity index (χ1) is 10.5. The number of halogens is 1. The van der Waals surface area contributed by atoms with E-state index in [4.69, 9.17) is 4.42 Å². The highest BCUT2D eigenvalue weighted by Crippen LogP contribution is 2.27. The summed E-state index contributed by atoms with van der Waals surface area (Å²) in [5, 5.41) is 6.80. The van der Waals surface area contributed by atoms with Gasteiger partial charge < -0.3 is 9.73 Å². The summed E-state index contributed by atoms with van der Waals surface area (Å²) < 4.78 is 6.45. The van der Waals surface area contributed by atoms with Gasteiger partial charge in [-0.2, -0.15) is 0 Å². The second kappa shape index (κ2) is 6.22. The van der Waals surface area contributed by atoms with Gasteiger partial charge in [-0.1, -0.05) is 26.0 Å². The number of carbonyl (C=O) groups is 1. The molecule has 0 aliphatic heterocycles. The fourth-order valence-electron chi connectivity index (χ4n) is 2.07. The number of fused-ring (bicyclic) bond motifs is 1. The molecule has 4 nitrogen and oxygen atoms in total. The summed E-state index contributed by atoms with van der Waals surface area (Å²) in [6.45, 7) is 4.61. The van der Waals surface area contributed by atoms with Crippen LogP contribution in [0.15, 0.2) is 38.5 Å². The number of nitrogens with zero attached hydrogens (tertiary/aromatic N) is 1. The molecule has 1 amide bonds. The van der Waals surface area contributed by atoms with Crippen molar-refractivity contribution in [1.82, 2.24) is 10.3 Å². The summed E-state index contributed by atoms with van der Waals surface area (Å²) in [6, 6.07) is 7.45. The lowest BCUT2D eigenvalue weighted by molar-refractivity contribution is 0.0925. The molecule has 1 aromatic carbocycles. The Morgan fingerprint density at radius 2 is 2.27 bits per heavy atom. The third-order valence-electron chi connectivity index (χ3n) is 3.21. The third kappa shape index (κ3) is 3.08. The van der Waals surface area contributed by atoms with Gasteiger partial charge in [-0.3, -0.25) is 4.79 Å². The number of thiazole rings is 1. The van der Waals surface area contributed by atoms with E-state index in [1.54, 1.807) is 17.4 Å². The van der Waals surface area contributed by atoms with Crippen LogP contribution in [0.5, 0.6) is 0 Å². The molecule has 0 atom stereocenters. The van der Waals surface area contributed by atoms with Crippen LogP contribution >= 0.6 is 27.3 Å². The zero-order chi connectivity index (χ0) is 15.7. The predicted molar refractivity (Wildman–Crippen MR) is 91.3 cm³/mol. The molecule has 1 N–H and O–H groups in total. The molecule has 0 spiro atoms. The number of aromatic nitrogens is 1. The van der Waals surface area contributed by atoms with Crippen LogP contribution in [0, 0.1) is 0 Å². The Morgan fingerprint density at radius 1 is 1.45 bits per heavy atom. The Balaban J connectivity index is 1.71. The average Bonchev–Trinajstić information content (AvgIpc) is 3.12. The van der Waals surface area contributed by atoms with E-state index in [0.717, 1.165) is 20.6 Å². The topological polar surface area (TPSA) is 55.1 Å². The van der Waals surface area contributed by atoms with Crippen molar-refractivity contribution in [3.8, 4) is 0 Å². The van der Waals surface area contributed by atoms with Crippen LogP contribution in [0.1, 0.15) is 41.0 Å². The Hall–Kier alpha value is -1.66. The molecule has 3 aromatic rings. The summed E-state index contributed by atoms with van der Waals surface area (Å²) in [5.41, 5.74) is 1.56. The van der Waals surface area contributed by atoms with Crippen LogP contribution in [0.2, 0.25) is 0 Å². The summed E-state index contributed by atoms with van der Waals surface area (Å²) in [7, 11) is 0. The molecule has 114 valence electrons. The Kier molecular flexibility index (Phi) is 4.31. The van der Waals surface area contributed by atoms with Crippen molar-refractivity contribution in [2.75, 3.05) is 0 Å². The van der Waals surface area contributed by atoms with Gasteiger partial charge >= 0.3 is 0 Å². The third-order valence-corrected chi connectivity index (χ3v) is 5.03. The first-order valence-corrected chi connectivity index (χ1v) is 8.62. The number of hydrogen-bond acceptors (Lipinski definition) is 4. The number of furan rings is 1. The summed E-state index contributed by atoms with van der Waals surface area (Å²) >= 11 is 5.04. The number of rotatable bonds is 4. The van der Waals surface area contributed by atoms with E-state index in [1.165, 1.54) is 0 Å². The van der Waals surface area contributed by atoms with Crippen LogP contribution < -0.4 is 5.32 Å². The summed E-state index contributed by atoms with van der Waals surface area (Å²) in [6.07, 6.45) is 0. The number of hydrogen-bond donors (Lipinski definition) is 1. The van der Waals surface area contributed by atoms with Gasteiger partial charge in [0.15, 0.2) is 5.76 Å². The lowest BCUT2D eigenvalue weighted by Crippen LogP contribution is -2.22. The number of carbonyl (C=O) groups excluding carboxylic acids is 1. The minimum absolute atomic E-state index is 0.234. The lowest BCUT2D eigenvalue weighted by Gasteiger charge is -2.00. The van der Waals surface area contributed by atoms with Crippen LogP contribution in [-0.2, 0) is 6.54 Å². The fraction of sp³-hybridized carbons (Fsp3) is 0.250. The van der Waals surface area contributed by atoms with Crippen LogP contribution in [0.4, 0.5) is 0 Å². The van der Waals surface area contributed by atoms with Gasteiger partial charge in [-0.05, 0) is 28.1 Å². The van der Waals surface area contributed by atoms with E-state index < -0.39 is 0 Å². The standard InChI is InChI=1S/C16H15BrN2O2S/c1-9(2)16-19-11(8-22-16)7-18-15(20)13-6-10-4-3-5-12(17)14(10)21-13/h3-6,8-9H,7H2,1-2H3,(H,18,20). The van der Waals surface area contributed by atoms with E-state index in [9.17, 15) is 4.79 Å². The molecule has 0 saturated carbocycles. The van der Waals surface area contributed by atoms with Gasteiger partial charge in [0.05, 0.1) is 21.7 Å². The van der Waals surface area contributed by atoms with E-state index in [0.29, 0.717) is 23.8 Å². The monoisotopic (exact) mass is 378 g/mol. The number of amides is 1. The molecule has 6 heteroatoms. The van der Waals surface area contributed by atoms with Gasteiger partial charge in [-0.15, -0.1) is 11.3 Å². The van der Waals surface area contributed by atoms with E-state index in [-0.39, 0.29) is 5.91 Å². The first kappa shape index (κ1) is 15.2. The normalized spacial score (nSPS) is 11.3. The Labute approximate surface area is 140 Å². The summed E-state index contributed by atoms with van der Waals surface area (Å²) in [5.74, 6) is 0.477. The molecule has 0 radical (unpaired) electrons. The molecule has 2 heterocycles. The molecule has 0 saturated heterocycles. The molecule has 0 aliphatic carbocycles. The second-order valence-corrected chi connectivity index (χ2v) is 7.03. The molecule has 2 aromatic heterocycles. The van der Waals surface area contributed by atoms with Crippen molar-refractivity contribution in [1.29, 1.82) is 0 Å². The second-order valence-electron chi connectivity index (χ2n) is 5.28. The largest absolute Gasteiger partial charge is 0.450 e. The maximum Gasteiger partial charge on any atom is 0.287 e. The van der Waals surface area contributed by atoms with Gasteiger partial charge in [-0.25, -0.2) is 4.98 Å². The van der Waals surface area contributed by atoms with Crippen LogP contribution in [0.25, 0.3) is 11.0 Å². The van der Waals surface area contributed by atoms with E-state index >= 15 is 0 Å². The van der Waals surface area contributed by atoms with Crippen molar-refractivity contribution in [3.05, 3.63) is 50.6 Å². The molecular formula is C16H15BrN2O2S.